The summed E-state index contributed by atoms with van der Waals surface area (Å²) in [6.07, 6.45) is 7.84. The van der Waals surface area contributed by atoms with Crippen LogP contribution in [0.1, 0.15) is 37.3 Å². The van der Waals surface area contributed by atoms with Crippen LogP contribution in [-0.4, -0.2) is 100 Å². The molecule has 0 bridgehead atoms. The van der Waals surface area contributed by atoms with Gasteiger partial charge in [-0.3, -0.25) is 14.9 Å². The molecule has 4 rings (SSSR count). The molecule has 0 radical (unpaired) electrons. The second-order valence-electron chi connectivity index (χ2n) is 10.1. The number of hydrogen-bond acceptors (Lipinski definition) is 9. The number of pyridine rings is 2. The minimum Gasteiger partial charge on any atom is -0.404 e. The zero-order chi connectivity index (χ0) is 27.8. The highest BCUT2D eigenvalue weighted by atomic mass is 16.2. The Bertz CT molecular complexity index is 1330. The van der Waals surface area contributed by atoms with E-state index in [0.29, 0.717) is 24.1 Å². The van der Waals surface area contributed by atoms with Gasteiger partial charge >= 0.3 is 6.03 Å². The topological polar surface area (TPSA) is 129 Å². The number of nitrogens with zero attached hydrogens (tertiary/aromatic N) is 8. The molecule has 2 amide bonds. The fourth-order valence-electron chi connectivity index (χ4n) is 4.33. The quantitative estimate of drug-likeness (QED) is 0.318. The summed E-state index contributed by atoms with van der Waals surface area (Å²) in [5.41, 5.74) is 10.2. The van der Waals surface area contributed by atoms with Gasteiger partial charge in [0.2, 0.25) is 0 Å². The summed E-state index contributed by atoms with van der Waals surface area (Å²) in [5.74, 6) is 1.67. The molecule has 0 unspecified atom stereocenters. The lowest BCUT2D eigenvalue weighted by molar-refractivity contribution is 0.123. The predicted molar refractivity (Wildman–Crippen MR) is 156 cm³/mol. The molecule has 39 heavy (non-hydrogen) atoms. The number of aromatic nitrogens is 4. The van der Waals surface area contributed by atoms with Crippen LogP contribution in [0.25, 0.3) is 16.6 Å². The summed E-state index contributed by atoms with van der Waals surface area (Å²) in [7, 11) is 3.58. The second-order valence-corrected chi connectivity index (χ2v) is 10.1. The molecular weight excluding hydrogens is 492 g/mol. The monoisotopic (exact) mass is 530 g/mol. The zero-order valence-electron chi connectivity index (χ0n) is 23.2. The van der Waals surface area contributed by atoms with Gasteiger partial charge in [-0.1, -0.05) is 13.8 Å². The number of hydrogen-bond donors (Lipinski definition) is 2. The largest absolute Gasteiger partial charge is 0.404 e. The molecular formula is C28H38N10O. The number of piperazine rings is 1. The molecule has 0 spiro atoms. The van der Waals surface area contributed by atoms with Crippen LogP contribution < -0.4 is 11.1 Å². The van der Waals surface area contributed by atoms with Crippen molar-refractivity contribution in [3.8, 4) is 0 Å². The smallest absolute Gasteiger partial charge is 0.319 e. The van der Waals surface area contributed by atoms with Gasteiger partial charge < -0.3 is 20.9 Å². The molecule has 206 valence electrons. The lowest BCUT2D eigenvalue weighted by Crippen LogP contribution is -2.51. The third-order valence-electron chi connectivity index (χ3n) is 6.67. The van der Waals surface area contributed by atoms with E-state index in [1.807, 2.05) is 29.2 Å². The van der Waals surface area contributed by atoms with Crippen LogP contribution in [-0.2, 0) is 0 Å². The lowest BCUT2D eigenvalue weighted by atomic mass is 10.1. The molecule has 11 nitrogen and oxygen atoms in total. The van der Waals surface area contributed by atoms with Gasteiger partial charge in [0.05, 0.1) is 17.2 Å². The molecule has 3 aromatic rings. The van der Waals surface area contributed by atoms with Gasteiger partial charge in [0.1, 0.15) is 5.82 Å². The van der Waals surface area contributed by atoms with E-state index in [1.165, 1.54) is 0 Å². The van der Waals surface area contributed by atoms with E-state index in [4.69, 9.17) is 10.7 Å². The molecule has 0 aromatic carbocycles. The molecule has 1 aliphatic rings. The molecule has 1 saturated heterocycles. The summed E-state index contributed by atoms with van der Waals surface area (Å²) in [4.78, 5) is 31.9. The van der Waals surface area contributed by atoms with Crippen LogP contribution in [0.5, 0.6) is 0 Å². The number of allylic oxidation sites excluding steroid dienone is 1. The van der Waals surface area contributed by atoms with E-state index >= 15 is 0 Å². The Morgan fingerprint density at radius 1 is 1.13 bits per heavy atom. The minimum atomic E-state index is 0.0805. The summed E-state index contributed by atoms with van der Waals surface area (Å²) in [6.45, 7) is 9.18. The van der Waals surface area contributed by atoms with Crippen molar-refractivity contribution in [1.29, 1.82) is 0 Å². The van der Waals surface area contributed by atoms with E-state index in [2.05, 4.69) is 44.2 Å². The Kier molecular flexibility index (Phi) is 9.37. The van der Waals surface area contributed by atoms with Gasteiger partial charge in [-0.25, -0.2) is 9.78 Å². The number of nitrogens with one attached hydrogen (secondary N) is 1. The zero-order valence-corrected chi connectivity index (χ0v) is 23.2. The number of fused-ring (bicyclic) bond motifs is 1. The van der Waals surface area contributed by atoms with Crippen LogP contribution in [0, 0.1) is 0 Å². The first-order chi connectivity index (χ1) is 18.8. The van der Waals surface area contributed by atoms with Crippen LogP contribution in [0.15, 0.2) is 47.9 Å². The second kappa shape index (κ2) is 13.1. The van der Waals surface area contributed by atoms with Crippen LogP contribution in [0.4, 0.5) is 16.4 Å². The number of nitrogens with two attached hydrogens (primary N) is 1. The van der Waals surface area contributed by atoms with Crippen molar-refractivity contribution < 1.29 is 4.79 Å². The van der Waals surface area contributed by atoms with E-state index in [-0.39, 0.29) is 6.03 Å². The Balaban J connectivity index is 1.32. The van der Waals surface area contributed by atoms with Crippen LogP contribution in [0.3, 0.4) is 0 Å². The molecule has 4 heterocycles. The number of carbonyl (C=O) groups is 1. The van der Waals surface area contributed by atoms with Gasteiger partial charge in [-0.05, 0) is 42.2 Å². The number of urea groups is 1. The average Bonchev–Trinajstić information content (AvgIpc) is 2.94. The van der Waals surface area contributed by atoms with Crippen molar-refractivity contribution in [2.75, 3.05) is 58.7 Å². The van der Waals surface area contributed by atoms with Gasteiger partial charge in [-0.2, -0.15) is 5.10 Å². The lowest BCUT2D eigenvalue weighted by Gasteiger charge is -2.35. The van der Waals surface area contributed by atoms with Gasteiger partial charge in [0.15, 0.2) is 5.82 Å². The van der Waals surface area contributed by atoms with Crippen molar-refractivity contribution in [2.24, 2.45) is 10.7 Å². The van der Waals surface area contributed by atoms with E-state index < -0.39 is 0 Å². The summed E-state index contributed by atoms with van der Waals surface area (Å²) < 4.78 is 0. The van der Waals surface area contributed by atoms with Gasteiger partial charge in [-0.15, -0.1) is 5.10 Å². The normalized spacial score (nSPS) is 14.9. The fraction of sp³-hybridized carbons (Fsp3) is 0.429. The highest BCUT2D eigenvalue weighted by Crippen LogP contribution is 2.21. The van der Waals surface area contributed by atoms with Crippen LogP contribution >= 0.6 is 0 Å². The first kappa shape index (κ1) is 27.9. The van der Waals surface area contributed by atoms with Crippen molar-refractivity contribution in [3.63, 3.8) is 0 Å². The Hall–Kier alpha value is -4.12. The van der Waals surface area contributed by atoms with E-state index in [0.717, 1.165) is 66.9 Å². The molecule has 11 heteroatoms. The first-order valence-corrected chi connectivity index (χ1v) is 13.3. The third-order valence-corrected chi connectivity index (χ3v) is 6.67. The summed E-state index contributed by atoms with van der Waals surface area (Å²) >= 11 is 0. The maximum Gasteiger partial charge on any atom is 0.319 e. The summed E-state index contributed by atoms with van der Waals surface area (Å²) in [6, 6.07) is 7.82. The highest BCUT2D eigenvalue weighted by molar-refractivity contribution is 6.10. The number of anilines is 2. The molecule has 3 aromatic heterocycles. The Labute approximate surface area is 229 Å². The highest BCUT2D eigenvalue weighted by Gasteiger charge is 2.21. The predicted octanol–water partition coefficient (Wildman–Crippen LogP) is 3.35. The molecule has 0 saturated carbocycles. The number of amides is 2. The van der Waals surface area contributed by atoms with E-state index in [9.17, 15) is 4.79 Å². The van der Waals surface area contributed by atoms with Crippen molar-refractivity contribution in [3.05, 3.63) is 54.0 Å². The third kappa shape index (κ3) is 7.47. The van der Waals surface area contributed by atoms with Crippen molar-refractivity contribution in [2.45, 2.75) is 26.2 Å². The SMILES string of the molecule is CC(C)c1cnnc(Nc2ccc3ncc(C(C=NCCCN4CCN(C(=O)N(C)C)CC4)=CN)cc3n2)c1. The number of rotatable bonds is 9. The Morgan fingerprint density at radius 2 is 1.92 bits per heavy atom. The average molecular weight is 531 g/mol. The van der Waals surface area contributed by atoms with Crippen molar-refractivity contribution >= 4 is 40.5 Å². The maximum atomic E-state index is 12.1. The molecule has 1 aliphatic heterocycles. The standard InChI is InChI=1S/C28H38N10O/c1-20(2)21-15-27(35-32-19-21)34-26-7-6-24-25(33-26)14-22(18-31-24)23(16-29)17-30-8-5-9-37-10-12-38(13-11-37)28(39)36(3)4/h6-7,14-20H,5,8-13,29H2,1-4H3,(H,33,34,35). The molecule has 0 atom stereocenters. The van der Waals surface area contributed by atoms with E-state index in [1.54, 1.807) is 43.8 Å². The number of aliphatic imine (C=N–C) groups is 1. The molecule has 0 aliphatic carbocycles. The number of carbonyl (C=O) groups excluding carboxylic acids is 1. The van der Waals surface area contributed by atoms with Crippen LogP contribution in [0.2, 0.25) is 0 Å². The fourth-order valence-corrected chi connectivity index (χ4v) is 4.33. The first-order valence-electron chi connectivity index (χ1n) is 13.3. The molecule has 1 fully saturated rings. The minimum absolute atomic E-state index is 0.0805. The van der Waals surface area contributed by atoms with Gasteiger partial charge in [0, 0.05) is 83.1 Å². The van der Waals surface area contributed by atoms with Gasteiger partial charge in [0.25, 0.3) is 0 Å². The Morgan fingerprint density at radius 3 is 2.64 bits per heavy atom. The van der Waals surface area contributed by atoms with Crippen molar-refractivity contribution in [1.82, 2.24) is 34.9 Å². The summed E-state index contributed by atoms with van der Waals surface area (Å²) in [5, 5.41) is 11.5. The molecule has 3 N–H and O–H groups in total. The maximum absolute atomic E-state index is 12.1.